The summed E-state index contributed by atoms with van der Waals surface area (Å²) in [6.45, 7) is 1.69. The molecule has 1 saturated carbocycles. The molecule has 1 amide bonds. The van der Waals surface area contributed by atoms with Crippen LogP contribution in [-0.4, -0.2) is 24.2 Å². The quantitative estimate of drug-likeness (QED) is 0.366. The zero-order valence-corrected chi connectivity index (χ0v) is 12.5. The summed E-state index contributed by atoms with van der Waals surface area (Å²) in [4.78, 5) is 23.5. The van der Waals surface area contributed by atoms with Crippen LogP contribution < -0.4 is 5.32 Å². The average molecular weight is 301 g/mol. The number of allylic oxidation sites excluding steroid dienone is 1. The predicted octanol–water partition coefficient (Wildman–Crippen LogP) is 1.96. The number of ether oxygens (including phenoxy) is 2. The highest BCUT2D eigenvalue weighted by molar-refractivity contribution is 5.97. The molecule has 0 spiro atoms. The van der Waals surface area contributed by atoms with Crippen LogP contribution in [0.15, 0.2) is 35.1 Å². The lowest BCUT2D eigenvalue weighted by atomic mass is 9.89. The summed E-state index contributed by atoms with van der Waals surface area (Å²) in [7, 11) is 0. The third-order valence-electron chi connectivity index (χ3n) is 5.12. The van der Waals surface area contributed by atoms with Crippen molar-refractivity contribution in [2.75, 3.05) is 0 Å². The minimum atomic E-state index is -0.713. The largest absolute Gasteiger partial charge is 0.458 e. The van der Waals surface area contributed by atoms with Crippen LogP contribution in [0.3, 0.4) is 0 Å². The zero-order chi connectivity index (χ0) is 15.3. The molecule has 5 heteroatoms. The second kappa shape index (κ2) is 5.00. The van der Waals surface area contributed by atoms with Gasteiger partial charge >= 0.3 is 5.97 Å². The van der Waals surface area contributed by atoms with Crippen LogP contribution in [0.5, 0.6) is 0 Å². The molecule has 0 aromatic heterocycles. The molecule has 4 rings (SSSR count). The van der Waals surface area contributed by atoms with Gasteiger partial charge in [0.05, 0.1) is 17.9 Å². The second-order valence-electron chi connectivity index (χ2n) is 6.46. The smallest absolute Gasteiger partial charge is 0.336 e. The third-order valence-corrected chi connectivity index (χ3v) is 5.12. The van der Waals surface area contributed by atoms with Crippen LogP contribution in [-0.2, 0) is 19.1 Å². The van der Waals surface area contributed by atoms with Gasteiger partial charge in [-0.05, 0) is 44.1 Å². The standard InChI is InChI=1S/C17H19NO4/c1-9-6-14(22-17(9)20)21-8-13-12-7-10-4-2-3-5-11(10)15(12)18-16(13)19/h5-6,8,10,12,14-15H,2-4,7H2,1H3,(H,18,19)/b13-8+/t10-,12?,14-,15+/m0/s1. The number of cyclic esters (lactones) is 1. The van der Waals surface area contributed by atoms with Crippen LogP contribution in [0.2, 0.25) is 0 Å². The number of hydrogen-bond acceptors (Lipinski definition) is 4. The van der Waals surface area contributed by atoms with Gasteiger partial charge in [-0.25, -0.2) is 4.79 Å². The summed E-state index contributed by atoms with van der Waals surface area (Å²) in [5.41, 5.74) is 2.61. The molecule has 4 aliphatic rings. The van der Waals surface area contributed by atoms with Crippen LogP contribution in [0, 0.1) is 11.8 Å². The number of esters is 1. The van der Waals surface area contributed by atoms with Gasteiger partial charge in [-0.15, -0.1) is 0 Å². The van der Waals surface area contributed by atoms with Gasteiger partial charge in [0.15, 0.2) is 0 Å². The summed E-state index contributed by atoms with van der Waals surface area (Å²) < 4.78 is 10.5. The molecule has 1 saturated heterocycles. The lowest BCUT2D eigenvalue weighted by Crippen LogP contribution is -2.28. The molecule has 2 aliphatic heterocycles. The van der Waals surface area contributed by atoms with E-state index in [0.717, 1.165) is 12.8 Å². The van der Waals surface area contributed by atoms with Gasteiger partial charge in [-0.1, -0.05) is 6.08 Å². The van der Waals surface area contributed by atoms with Crippen LogP contribution in [0.4, 0.5) is 0 Å². The molecule has 0 bridgehead atoms. The summed E-state index contributed by atoms with van der Waals surface area (Å²) in [6, 6.07) is 0.135. The number of carbonyl (C=O) groups excluding carboxylic acids is 2. The average Bonchev–Trinajstić information content (AvgIpc) is 3.10. The molecule has 0 radical (unpaired) electrons. The van der Waals surface area contributed by atoms with Crippen LogP contribution in [0.25, 0.3) is 0 Å². The first-order chi connectivity index (χ1) is 10.6. The van der Waals surface area contributed by atoms with E-state index in [0.29, 0.717) is 17.1 Å². The number of nitrogens with one attached hydrogen (secondary N) is 1. The Morgan fingerprint density at radius 1 is 1.41 bits per heavy atom. The maximum atomic E-state index is 12.2. The Morgan fingerprint density at radius 3 is 3.05 bits per heavy atom. The predicted molar refractivity (Wildman–Crippen MR) is 78.3 cm³/mol. The molecular formula is C17H19NO4. The van der Waals surface area contributed by atoms with Crippen molar-refractivity contribution in [2.24, 2.45) is 11.8 Å². The Hall–Kier alpha value is -2.04. The maximum absolute atomic E-state index is 12.2. The minimum Gasteiger partial charge on any atom is -0.458 e. The molecule has 116 valence electrons. The molecule has 0 aromatic rings. The molecule has 2 fully saturated rings. The zero-order valence-electron chi connectivity index (χ0n) is 12.5. The molecule has 2 aliphatic carbocycles. The molecule has 1 unspecified atom stereocenters. The molecule has 22 heavy (non-hydrogen) atoms. The van der Waals surface area contributed by atoms with E-state index in [1.165, 1.54) is 24.7 Å². The Kier molecular flexibility index (Phi) is 3.10. The summed E-state index contributed by atoms with van der Waals surface area (Å²) in [6.07, 6.45) is 9.27. The van der Waals surface area contributed by atoms with Crippen molar-refractivity contribution in [2.45, 2.75) is 44.9 Å². The van der Waals surface area contributed by atoms with E-state index in [-0.39, 0.29) is 23.8 Å². The molecule has 2 heterocycles. The molecular weight excluding hydrogens is 282 g/mol. The van der Waals surface area contributed by atoms with Crippen LogP contribution >= 0.6 is 0 Å². The van der Waals surface area contributed by atoms with Gasteiger partial charge in [-0.2, -0.15) is 0 Å². The van der Waals surface area contributed by atoms with Gasteiger partial charge < -0.3 is 14.8 Å². The number of carbonyl (C=O) groups is 2. The van der Waals surface area contributed by atoms with E-state index in [4.69, 9.17) is 9.47 Å². The highest BCUT2D eigenvalue weighted by atomic mass is 16.7. The molecule has 0 aromatic carbocycles. The summed E-state index contributed by atoms with van der Waals surface area (Å²) in [5.74, 6) is 0.349. The molecule has 4 atom stereocenters. The first kappa shape index (κ1) is 13.6. The number of amides is 1. The van der Waals surface area contributed by atoms with Crippen molar-refractivity contribution in [3.05, 3.63) is 35.1 Å². The van der Waals surface area contributed by atoms with Gasteiger partial charge in [0.2, 0.25) is 0 Å². The Labute approximate surface area is 129 Å². The summed E-state index contributed by atoms with van der Waals surface area (Å²) >= 11 is 0. The van der Waals surface area contributed by atoms with E-state index in [1.54, 1.807) is 13.0 Å². The van der Waals surface area contributed by atoms with Crippen molar-refractivity contribution in [3.63, 3.8) is 0 Å². The fraction of sp³-hybridized carbons (Fsp3) is 0.529. The Balaban J connectivity index is 1.52. The van der Waals surface area contributed by atoms with Crippen molar-refractivity contribution in [3.8, 4) is 0 Å². The number of fused-ring (bicyclic) bond motifs is 3. The first-order valence-electron chi connectivity index (χ1n) is 7.89. The normalized spacial score (nSPS) is 38.1. The molecule has 1 N–H and O–H groups in total. The topological polar surface area (TPSA) is 64.6 Å². The maximum Gasteiger partial charge on any atom is 0.336 e. The fourth-order valence-electron chi connectivity index (χ4n) is 4.01. The summed E-state index contributed by atoms with van der Waals surface area (Å²) in [5, 5.41) is 3.08. The second-order valence-corrected chi connectivity index (χ2v) is 6.46. The SMILES string of the molecule is CC1=C[C@@H](O/C=C2/C(=O)N[C@@H]3C4=CCCC[C@H]4CC23)OC1=O. The van der Waals surface area contributed by atoms with Gasteiger partial charge in [0.25, 0.3) is 12.2 Å². The van der Waals surface area contributed by atoms with Gasteiger partial charge in [-0.3, -0.25) is 4.79 Å². The lowest BCUT2D eigenvalue weighted by molar-refractivity contribution is -0.152. The number of hydrogen-bond donors (Lipinski definition) is 1. The third kappa shape index (κ3) is 2.07. The lowest BCUT2D eigenvalue weighted by Gasteiger charge is -2.20. The fourth-order valence-corrected chi connectivity index (χ4v) is 4.01. The van der Waals surface area contributed by atoms with Crippen molar-refractivity contribution in [1.82, 2.24) is 5.32 Å². The number of rotatable bonds is 2. The Morgan fingerprint density at radius 2 is 2.27 bits per heavy atom. The van der Waals surface area contributed by atoms with E-state index in [9.17, 15) is 9.59 Å². The van der Waals surface area contributed by atoms with Crippen LogP contribution in [0.1, 0.15) is 32.6 Å². The minimum absolute atomic E-state index is 0.0649. The highest BCUT2D eigenvalue weighted by Crippen LogP contribution is 2.47. The van der Waals surface area contributed by atoms with Crippen molar-refractivity contribution >= 4 is 11.9 Å². The van der Waals surface area contributed by atoms with E-state index >= 15 is 0 Å². The van der Waals surface area contributed by atoms with Gasteiger partial charge in [0.1, 0.15) is 0 Å². The monoisotopic (exact) mass is 301 g/mol. The van der Waals surface area contributed by atoms with Crippen molar-refractivity contribution in [1.29, 1.82) is 0 Å². The van der Waals surface area contributed by atoms with E-state index in [1.807, 2.05) is 0 Å². The van der Waals surface area contributed by atoms with E-state index in [2.05, 4.69) is 11.4 Å². The van der Waals surface area contributed by atoms with E-state index < -0.39 is 6.29 Å². The highest BCUT2D eigenvalue weighted by Gasteiger charge is 2.48. The van der Waals surface area contributed by atoms with Crippen molar-refractivity contribution < 1.29 is 19.1 Å². The van der Waals surface area contributed by atoms with Gasteiger partial charge in [0, 0.05) is 17.6 Å². The first-order valence-corrected chi connectivity index (χ1v) is 7.89. The Bertz CT molecular complexity index is 631. The molecule has 5 nitrogen and oxygen atoms in total.